The molecule has 10 nitrogen and oxygen atoms in total. The van der Waals surface area contributed by atoms with Crippen molar-refractivity contribution in [3.63, 3.8) is 0 Å². The third-order valence-electron chi connectivity index (χ3n) is 4.39. The monoisotopic (exact) mass is 457 g/mol. The number of hydrogen-bond donors (Lipinski definition) is 2. The SMILES string of the molecule is Cc1ccc(Cl)c(-c2nnn(CC(=O)C(CC(=O)O)NC(=O)OCc3ccccc3)n2)c1. The van der Waals surface area contributed by atoms with Crippen molar-refractivity contribution in [1.82, 2.24) is 25.5 Å². The zero-order chi connectivity index (χ0) is 23.1. The topological polar surface area (TPSA) is 136 Å². The second-order valence-corrected chi connectivity index (χ2v) is 7.36. The number of halogens is 1. The van der Waals surface area contributed by atoms with Crippen molar-refractivity contribution in [1.29, 1.82) is 0 Å². The van der Waals surface area contributed by atoms with Gasteiger partial charge in [-0.1, -0.05) is 53.6 Å². The van der Waals surface area contributed by atoms with Crippen molar-refractivity contribution in [2.45, 2.75) is 32.5 Å². The molecule has 1 heterocycles. The van der Waals surface area contributed by atoms with Crippen LogP contribution in [0.5, 0.6) is 0 Å². The van der Waals surface area contributed by atoms with Crippen LogP contribution in [0, 0.1) is 6.92 Å². The summed E-state index contributed by atoms with van der Waals surface area (Å²) >= 11 is 6.17. The number of rotatable bonds is 9. The Morgan fingerprint density at radius 2 is 1.94 bits per heavy atom. The number of carboxylic acids is 1. The first-order valence-corrected chi connectivity index (χ1v) is 9.95. The van der Waals surface area contributed by atoms with Gasteiger partial charge in [0, 0.05) is 5.56 Å². The summed E-state index contributed by atoms with van der Waals surface area (Å²) < 4.78 is 5.07. The maximum absolute atomic E-state index is 12.6. The minimum absolute atomic E-state index is 0.0219. The van der Waals surface area contributed by atoms with Gasteiger partial charge in [0.25, 0.3) is 0 Å². The molecule has 11 heteroatoms. The maximum atomic E-state index is 12.6. The van der Waals surface area contributed by atoms with Crippen LogP contribution in [0.15, 0.2) is 48.5 Å². The van der Waals surface area contributed by atoms with E-state index in [1.807, 2.05) is 19.1 Å². The minimum atomic E-state index is -1.33. The number of hydrogen-bond acceptors (Lipinski definition) is 7. The molecule has 0 saturated carbocycles. The van der Waals surface area contributed by atoms with E-state index in [0.717, 1.165) is 15.9 Å². The molecule has 2 aromatic carbocycles. The molecule has 32 heavy (non-hydrogen) atoms. The van der Waals surface area contributed by atoms with Crippen molar-refractivity contribution < 1.29 is 24.2 Å². The third-order valence-corrected chi connectivity index (χ3v) is 4.71. The number of alkyl carbamates (subject to hydrolysis) is 1. The van der Waals surface area contributed by atoms with Crippen LogP contribution in [0.3, 0.4) is 0 Å². The van der Waals surface area contributed by atoms with E-state index in [1.165, 1.54) is 0 Å². The number of amides is 1. The van der Waals surface area contributed by atoms with Gasteiger partial charge in [-0.2, -0.15) is 4.80 Å². The standard InChI is InChI=1S/C21H20ClN5O5/c1-13-7-8-16(22)15(9-13)20-24-26-27(25-20)11-18(28)17(10-19(29)30)23-21(31)32-12-14-5-3-2-4-6-14/h2-9,17H,10-12H2,1H3,(H,23,31)(H,29,30). The number of nitrogens with one attached hydrogen (secondary N) is 1. The number of aliphatic carboxylic acids is 1. The van der Waals surface area contributed by atoms with Crippen molar-refractivity contribution in [3.8, 4) is 11.4 Å². The largest absolute Gasteiger partial charge is 0.481 e. The van der Waals surface area contributed by atoms with Gasteiger partial charge in [0.2, 0.25) is 5.82 Å². The lowest BCUT2D eigenvalue weighted by atomic mass is 10.1. The zero-order valence-corrected chi connectivity index (χ0v) is 17.8. The average molecular weight is 458 g/mol. The van der Waals surface area contributed by atoms with E-state index in [1.54, 1.807) is 36.4 Å². The van der Waals surface area contributed by atoms with Crippen molar-refractivity contribution in [3.05, 3.63) is 64.7 Å². The number of carbonyl (C=O) groups is 3. The Morgan fingerprint density at radius 1 is 1.19 bits per heavy atom. The molecule has 0 fully saturated rings. The molecule has 0 aliphatic heterocycles. The molecule has 3 rings (SSSR count). The van der Waals surface area contributed by atoms with Gasteiger partial charge in [-0.15, -0.1) is 10.2 Å². The number of nitrogens with zero attached hydrogens (tertiary/aromatic N) is 4. The highest BCUT2D eigenvalue weighted by Gasteiger charge is 2.25. The van der Waals surface area contributed by atoms with Gasteiger partial charge >= 0.3 is 12.1 Å². The molecule has 1 aromatic heterocycles. The number of tetrazole rings is 1. The summed E-state index contributed by atoms with van der Waals surface area (Å²) in [4.78, 5) is 36.9. The average Bonchev–Trinajstić information content (AvgIpc) is 3.22. The van der Waals surface area contributed by atoms with Crippen molar-refractivity contribution >= 4 is 29.4 Å². The van der Waals surface area contributed by atoms with Gasteiger partial charge in [-0.05, 0) is 29.8 Å². The van der Waals surface area contributed by atoms with Crippen LogP contribution in [0.25, 0.3) is 11.4 Å². The molecule has 0 spiro atoms. The molecule has 3 aromatic rings. The number of benzene rings is 2. The van der Waals surface area contributed by atoms with E-state index in [4.69, 9.17) is 21.4 Å². The van der Waals surface area contributed by atoms with E-state index in [9.17, 15) is 14.4 Å². The summed E-state index contributed by atoms with van der Waals surface area (Å²) in [6.07, 6.45) is -1.53. The molecule has 0 radical (unpaired) electrons. The lowest BCUT2D eigenvalue weighted by molar-refractivity contribution is -0.139. The highest BCUT2D eigenvalue weighted by molar-refractivity contribution is 6.33. The molecule has 1 atom stereocenters. The van der Waals surface area contributed by atoms with Crippen LogP contribution in [-0.4, -0.2) is 49.2 Å². The Kier molecular flexibility index (Phi) is 7.50. The molecule has 2 N–H and O–H groups in total. The molecule has 0 aliphatic rings. The Bertz CT molecular complexity index is 1120. The first-order valence-electron chi connectivity index (χ1n) is 9.58. The van der Waals surface area contributed by atoms with Crippen LogP contribution in [-0.2, 0) is 27.5 Å². The van der Waals surface area contributed by atoms with Crippen LogP contribution in [0.1, 0.15) is 17.5 Å². The highest BCUT2D eigenvalue weighted by atomic mass is 35.5. The Balaban J connectivity index is 1.64. The number of ether oxygens (including phenoxy) is 1. The second kappa shape index (κ2) is 10.5. The van der Waals surface area contributed by atoms with Crippen molar-refractivity contribution in [2.75, 3.05) is 0 Å². The van der Waals surface area contributed by atoms with E-state index >= 15 is 0 Å². The van der Waals surface area contributed by atoms with Gasteiger partial charge in [-0.25, -0.2) is 4.79 Å². The van der Waals surface area contributed by atoms with Crippen LogP contribution in [0.4, 0.5) is 4.79 Å². The van der Waals surface area contributed by atoms with Gasteiger partial charge in [0.05, 0.1) is 11.4 Å². The van der Waals surface area contributed by atoms with Crippen LogP contribution < -0.4 is 5.32 Å². The van der Waals surface area contributed by atoms with E-state index < -0.39 is 36.9 Å². The summed E-state index contributed by atoms with van der Waals surface area (Å²) in [5.74, 6) is -1.66. The number of aryl methyl sites for hydroxylation is 1. The minimum Gasteiger partial charge on any atom is -0.481 e. The number of ketones is 1. The molecular formula is C21H20ClN5O5. The smallest absolute Gasteiger partial charge is 0.408 e. The Morgan fingerprint density at radius 3 is 2.66 bits per heavy atom. The van der Waals surface area contributed by atoms with Crippen LogP contribution >= 0.6 is 11.6 Å². The highest BCUT2D eigenvalue weighted by Crippen LogP contribution is 2.25. The predicted molar refractivity (Wildman–Crippen MR) is 114 cm³/mol. The van der Waals surface area contributed by atoms with Crippen LogP contribution in [0.2, 0.25) is 5.02 Å². The number of carboxylic acid groups (broad SMARTS) is 1. The molecule has 0 aliphatic carbocycles. The summed E-state index contributed by atoms with van der Waals surface area (Å²) in [5, 5.41) is 23.7. The summed E-state index contributed by atoms with van der Waals surface area (Å²) in [7, 11) is 0. The fourth-order valence-corrected chi connectivity index (χ4v) is 3.01. The lowest BCUT2D eigenvalue weighted by Gasteiger charge is -2.15. The summed E-state index contributed by atoms with van der Waals surface area (Å²) in [6.45, 7) is 1.46. The van der Waals surface area contributed by atoms with Gasteiger partial charge < -0.3 is 15.2 Å². The first-order chi connectivity index (χ1) is 15.3. The fraction of sp³-hybridized carbons (Fsp3) is 0.238. The molecular weight excluding hydrogens is 438 g/mol. The molecule has 1 amide bonds. The number of Topliss-reactive ketones (excluding diaryl/α,β-unsaturated/α-hetero) is 1. The number of carbonyl (C=O) groups excluding carboxylic acids is 2. The molecule has 166 valence electrons. The lowest BCUT2D eigenvalue weighted by Crippen LogP contribution is -2.44. The Labute approximate surface area is 188 Å². The quantitative estimate of drug-likeness (QED) is 0.500. The van der Waals surface area contributed by atoms with E-state index in [-0.39, 0.29) is 12.4 Å². The zero-order valence-electron chi connectivity index (χ0n) is 17.1. The number of aromatic nitrogens is 4. The molecule has 0 bridgehead atoms. The normalized spacial score (nSPS) is 11.6. The third kappa shape index (κ3) is 6.35. The fourth-order valence-electron chi connectivity index (χ4n) is 2.81. The van der Waals surface area contributed by atoms with Gasteiger partial charge in [0.1, 0.15) is 19.2 Å². The van der Waals surface area contributed by atoms with E-state index in [0.29, 0.717) is 10.6 Å². The predicted octanol–water partition coefficient (Wildman–Crippen LogP) is 2.64. The Hall–Kier alpha value is -3.79. The first kappa shape index (κ1) is 22.9. The maximum Gasteiger partial charge on any atom is 0.408 e. The van der Waals surface area contributed by atoms with Gasteiger partial charge in [0.15, 0.2) is 5.78 Å². The second-order valence-electron chi connectivity index (χ2n) is 6.95. The van der Waals surface area contributed by atoms with E-state index in [2.05, 4.69) is 20.7 Å². The summed E-state index contributed by atoms with van der Waals surface area (Å²) in [6, 6.07) is 12.9. The molecule has 1 unspecified atom stereocenters. The summed E-state index contributed by atoms with van der Waals surface area (Å²) in [5.41, 5.74) is 2.24. The van der Waals surface area contributed by atoms with Gasteiger partial charge in [-0.3, -0.25) is 9.59 Å². The molecule has 0 saturated heterocycles. The van der Waals surface area contributed by atoms with Crippen molar-refractivity contribution in [2.24, 2.45) is 0 Å².